The van der Waals surface area contributed by atoms with E-state index in [9.17, 15) is 42.3 Å². The van der Waals surface area contributed by atoms with Crippen LogP contribution in [0, 0.1) is 0 Å². The quantitative estimate of drug-likeness (QED) is 0.141. The molecule has 0 aliphatic carbocycles. The molecule has 4 N–H and O–H groups in total. The minimum absolute atomic E-state index is 0. The molecule has 0 spiro atoms. The summed E-state index contributed by atoms with van der Waals surface area (Å²) in [7, 11) is -4.40. The Morgan fingerprint density at radius 2 is 1.83 bits per heavy atom. The Labute approximate surface area is 260 Å². The Bertz CT molecular complexity index is 1420. The van der Waals surface area contributed by atoms with E-state index in [4.69, 9.17) is 9.88 Å². The summed E-state index contributed by atoms with van der Waals surface area (Å²) in [5.74, 6) is -3.82. The van der Waals surface area contributed by atoms with E-state index in [1.165, 1.54) is 12.1 Å². The normalized spacial score (nSPS) is 20.9. The van der Waals surface area contributed by atoms with Crippen LogP contribution in [0.5, 0.6) is 0 Å². The fourth-order valence-corrected chi connectivity index (χ4v) is 6.28. The predicted octanol–water partition coefficient (Wildman–Crippen LogP) is -5.65. The van der Waals surface area contributed by atoms with Crippen LogP contribution >= 0.6 is 11.8 Å². The van der Waals surface area contributed by atoms with Crippen molar-refractivity contribution in [3.63, 3.8) is 0 Å². The number of esters is 1. The number of carboxylic acids is 1. The smallest absolute Gasteiger partial charge is 0.543 e. The first-order valence-electron chi connectivity index (χ1n) is 11.6. The average molecular weight is 619 g/mol. The number of rotatable bonds is 8. The monoisotopic (exact) mass is 618 g/mol. The van der Waals surface area contributed by atoms with Crippen molar-refractivity contribution < 1.29 is 76.6 Å². The number of nitrogens with zero attached hydrogens (tertiary/aromatic N) is 3. The van der Waals surface area contributed by atoms with E-state index in [2.05, 4.69) is 10.6 Å². The number of aliphatic carboxylic acids is 1. The third-order valence-electron chi connectivity index (χ3n) is 6.17. The van der Waals surface area contributed by atoms with Crippen molar-refractivity contribution in [1.29, 1.82) is 0 Å². The number of β-lactam (4-membered cyclic amide) rings is 1. The Hall–Kier alpha value is -3.16. The van der Waals surface area contributed by atoms with E-state index < -0.39 is 69.2 Å². The van der Waals surface area contributed by atoms with Crippen molar-refractivity contribution in [3.8, 4) is 0 Å². The molecule has 16 nitrogen and oxygen atoms in total. The number of thioether (sulfide) groups is 1. The minimum Gasteiger partial charge on any atom is -0.543 e. The molecule has 3 aliphatic heterocycles. The van der Waals surface area contributed by atoms with Crippen LogP contribution in [0.4, 0.5) is 9.59 Å². The van der Waals surface area contributed by atoms with Gasteiger partial charge < -0.3 is 25.3 Å². The first-order chi connectivity index (χ1) is 18.8. The zero-order valence-corrected chi connectivity index (χ0v) is 25.4. The Balaban J connectivity index is 0.00000462. The van der Waals surface area contributed by atoms with E-state index in [-0.39, 0.29) is 66.1 Å². The average Bonchev–Trinajstić information content (AvgIpc) is 3.30. The summed E-state index contributed by atoms with van der Waals surface area (Å²) in [6.07, 6.45) is 0. The molecule has 0 aromatic heterocycles. The van der Waals surface area contributed by atoms with Gasteiger partial charge in [-0.25, -0.2) is 23.9 Å². The van der Waals surface area contributed by atoms with Crippen LogP contribution in [0.15, 0.2) is 41.6 Å². The molecule has 1 aromatic carbocycles. The number of benzene rings is 1. The second kappa shape index (κ2) is 12.8. The summed E-state index contributed by atoms with van der Waals surface area (Å²) < 4.78 is 28.3. The molecule has 1 aromatic rings. The van der Waals surface area contributed by atoms with Gasteiger partial charge in [-0.1, -0.05) is 30.3 Å². The van der Waals surface area contributed by atoms with Crippen LogP contribution in [0.2, 0.25) is 0 Å². The number of nitrogens with two attached hydrogens (primary N) is 1. The summed E-state index contributed by atoms with van der Waals surface area (Å²) in [5, 5.41) is 20.9. The van der Waals surface area contributed by atoms with Crippen molar-refractivity contribution in [2.45, 2.75) is 24.4 Å². The van der Waals surface area contributed by atoms with Crippen molar-refractivity contribution in [2.24, 2.45) is 5.14 Å². The Morgan fingerprint density at radius 3 is 2.39 bits per heavy atom. The second-order valence-corrected chi connectivity index (χ2v) is 11.3. The van der Waals surface area contributed by atoms with Crippen LogP contribution in [0.25, 0.3) is 0 Å². The third-order valence-corrected chi connectivity index (χ3v) is 8.47. The summed E-state index contributed by atoms with van der Waals surface area (Å²) in [6.45, 7) is 0.120. The third kappa shape index (κ3) is 6.68. The summed E-state index contributed by atoms with van der Waals surface area (Å²) in [6, 6.07) is 2.98. The molecule has 0 saturated carbocycles. The molecule has 3 heterocycles. The van der Waals surface area contributed by atoms with Gasteiger partial charge in [-0.15, -0.1) is 11.8 Å². The van der Waals surface area contributed by atoms with Crippen molar-refractivity contribution in [2.75, 3.05) is 25.4 Å². The van der Waals surface area contributed by atoms with Gasteiger partial charge in [-0.05, 0) is 5.56 Å². The number of carbonyl (C=O) groups excluding carboxylic acids is 6. The molecule has 2 saturated heterocycles. The molecular weight excluding hydrogens is 595 g/mol. The van der Waals surface area contributed by atoms with Gasteiger partial charge in [0, 0.05) is 18.2 Å². The first-order valence-corrected chi connectivity index (χ1v) is 14.2. The van der Waals surface area contributed by atoms with E-state index in [1.54, 1.807) is 18.2 Å². The number of amides is 6. The first kappa shape index (κ1) is 32.4. The molecule has 2 fully saturated rings. The summed E-state index contributed by atoms with van der Waals surface area (Å²) >= 11 is 1.13. The number of carboxylic acid groups (broad SMARTS) is 1. The maximum atomic E-state index is 13.3. The van der Waals surface area contributed by atoms with Gasteiger partial charge >= 0.3 is 57.8 Å². The zero-order chi connectivity index (χ0) is 29.4. The molecule has 0 bridgehead atoms. The number of carbonyl (C=O) groups is 6. The Morgan fingerprint density at radius 1 is 1.17 bits per heavy atom. The van der Waals surface area contributed by atoms with Gasteiger partial charge in [-0.2, -0.15) is 8.42 Å². The van der Waals surface area contributed by atoms with E-state index in [0.717, 1.165) is 23.6 Å². The molecule has 4 rings (SSSR count). The van der Waals surface area contributed by atoms with Crippen LogP contribution in [0.3, 0.4) is 0 Å². The minimum atomic E-state index is -4.40. The van der Waals surface area contributed by atoms with Gasteiger partial charge in [0.1, 0.15) is 24.1 Å². The Kier molecular flexibility index (Phi) is 10.1. The summed E-state index contributed by atoms with van der Waals surface area (Å²) in [5.41, 5.74) is -0.00426. The molecule has 214 valence electrons. The van der Waals surface area contributed by atoms with Crippen molar-refractivity contribution in [3.05, 3.63) is 47.2 Å². The van der Waals surface area contributed by atoms with E-state index >= 15 is 0 Å². The van der Waals surface area contributed by atoms with Gasteiger partial charge in [0.25, 0.3) is 5.91 Å². The molecule has 0 radical (unpaired) electrons. The maximum Gasteiger partial charge on any atom is 1.00 e. The van der Waals surface area contributed by atoms with E-state index in [0.29, 0.717) is 9.21 Å². The molecule has 6 amide bonds. The van der Waals surface area contributed by atoms with Crippen molar-refractivity contribution in [1.82, 2.24) is 24.7 Å². The number of imide groups is 1. The number of nitrogens with one attached hydrogen (secondary N) is 2. The van der Waals surface area contributed by atoms with Crippen LogP contribution in [0.1, 0.15) is 18.5 Å². The van der Waals surface area contributed by atoms with E-state index in [1.807, 2.05) is 0 Å². The molecular formula is C22H23N6NaO10S2. The molecule has 19 heteroatoms. The summed E-state index contributed by atoms with van der Waals surface area (Å²) in [4.78, 5) is 76.1. The second-order valence-electron chi connectivity index (χ2n) is 8.76. The van der Waals surface area contributed by atoms with Gasteiger partial charge in [0.2, 0.25) is 5.91 Å². The molecule has 3 atom stereocenters. The molecule has 41 heavy (non-hydrogen) atoms. The van der Waals surface area contributed by atoms with Crippen LogP contribution in [-0.4, -0.2) is 95.2 Å². The number of ether oxygens (including phenoxy) is 1. The molecule has 3 aliphatic rings. The number of fused-ring (bicyclic) bond motifs is 1. The fraction of sp³-hybridized carbons (Fsp3) is 0.364. The zero-order valence-electron chi connectivity index (χ0n) is 21.8. The van der Waals surface area contributed by atoms with Crippen molar-refractivity contribution >= 4 is 57.8 Å². The van der Waals surface area contributed by atoms with Crippen LogP contribution in [-0.2, 0) is 34.1 Å². The molecule has 1 unspecified atom stereocenters. The number of hydrogen-bond donors (Lipinski definition) is 3. The topological polar surface area (TPSA) is 229 Å². The van der Waals surface area contributed by atoms with Gasteiger partial charge in [-0.3, -0.25) is 19.3 Å². The maximum absolute atomic E-state index is 13.3. The fourth-order valence-electron chi connectivity index (χ4n) is 4.30. The van der Waals surface area contributed by atoms with Gasteiger partial charge in [0.05, 0.1) is 24.8 Å². The SMILES string of the molecule is CC(=O)OCC1=C(C(=O)[O-])N2C(=O)C(NC(=O)[C@H](NC(=O)N3CCN(S(N)(=O)=O)C3=O)c3ccccc3)[C@H]2SC1.[Na+]. The predicted molar refractivity (Wildman–Crippen MR) is 133 cm³/mol. The number of hydrogen-bond acceptors (Lipinski definition) is 11. The standard InChI is InChI=1S/C22H24N6O10S2.Na/c1-11(29)38-9-13-10-39-19-15(18(31)28(19)16(13)20(32)33)24-17(30)14(12-5-3-2-4-6-12)25-21(34)26-7-8-27(22(26)35)40(23,36)37;/h2-6,14-15,19H,7-10H2,1H3,(H,24,30)(H,25,34)(H,32,33)(H2,23,36,37);/q;+1/p-1/t14-,15?,19-;/m1./s1. The largest absolute Gasteiger partial charge is 1.00 e. The van der Waals surface area contributed by atoms with Gasteiger partial charge in [0.15, 0.2) is 0 Å². The van der Waals surface area contributed by atoms with Crippen LogP contribution < -0.4 is 50.4 Å². The number of urea groups is 2.